The van der Waals surface area contributed by atoms with E-state index in [2.05, 4.69) is 83.5 Å². The Labute approximate surface area is 190 Å². The number of guanidine groups is 1. The van der Waals surface area contributed by atoms with Crippen molar-refractivity contribution in [2.75, 3.05) is 59.4 Å². The van der Waals surface area contributed by atoms with Gasteiger partial charge in [-0.1, -0.05) is 44.2 Å². The highest BCUT2D eigenvalue weighted by atomic mass is 15.3. The molecular weight excluding hydrogens is 384 g/mol. The van der Waals surface area contributed by atoms with Crippen molar-refractivity contribution in [3.05, 3.63) is 35.9 Å². The molecule has 0 saturated carbocycles. The lowest BCUT2D eigenvalue weighted by Crippen LogP contribution is -2.52. The van der Waals surface area contributed by atoms with Crippen LogP contribution in [0.25, 0.3) is 0 Å². The monoisotopic (exact) mass is 428 g/mol. The first-order valence-electron chi connectivity index (χ1n) is 12.3. The van der Waals surface area contributed by atoms with Crippen molar-refractivity contribution >= 4 is 5.96 Å². The lowest BCUT2D eigenvalue weighted by molar-refractivity contribution is 0.0925. The number of benzene rings is 1. The second-order valence-electron chi connectivity index (χ2n) is 9.50. The molecule has 0 bridgehead atoms. The number of nitrogens with zero attached hydrogens (tertiary/aromatic N) is 4. The van der Waals surface area contributed by atoms with Crippen molar-refractivity contribution in [2.24, 2.45) is 10.9 Å². The fraction of sp³-hybridized carbons (Fsp3) is 0.720. The van der Waals surface area contributed by atoms with Crippen molar-refractivity contribution in [1.82, 2.24) is 25.3 Å². The van der Waals surface area contributed by atoms with Crippen LogP contribution in [0, 0.1) is 5.92 Å². The molecule has 3 rings (SSSR count). The summed E-state index contributed by atoms with van der Waals surface area (Å²) in [7, 11) is 2.22. The molecule has 2 fully saturated rings. The average Bonchev–Trinajstić information content (AvgIpc) is 3.20. The van der Waals surface area contributed by atoms with Gasteiger partial charge in [-0.2, -0.15) is 0 Å². The number of hydrogen-bond acceptors (Lipinski definition) is 4. The van der Waals surface area contributed by atoms with Gasteiger partial charge in [0.1, 0.15) is 0 Å². The van der Waals surface area contributed by atoms with E-state index in [0.717, 1.165) is 58.3 Å². The Morgan fingerprint density at radius 2 is 1.81 bits per heavy atom. The van der Waals surface area contributed by atoms with Crippen LogP contribution in [0.4, 0.5) is 0 Å². The summed E-state index contributed by atoms with van der Waals surface area (Å²) in [6.45, 7) is 16.4. The summed E-state index contributed by atoms with van der Waals surface area (Å²) in [5.74, 6) is 1.57. The zero-order chi connectivity index (χ0) is 22.1. The van der Waals surface area contributed by atoms with Crippen molar-refractivity contribution in [2.45, 2.75) is 52.2 Å². The number of aliphatic imine (C=N–C) groups is 1. The number of likely N-dealkylation sites (N-methyl/N-ethyl adjacent to an activating group) is 1. The number of likely N-dealkylation sites (tertiary alicyclic amines) is 1. The van der Waals surface area contributed by atoms with Gasteiger partial charge < -0.3 is 15.5 Å². The number of nitrogens with one attached hydrogen (secondary N) is 2. The van der Waals surface area contributed by atoms with Crippen LogP contribution in [0.3, 0.4) is 0 Å². The van der Waals surface area contributed by atoms with Gasteiger partial charge in [0.15, 0.2) is 5.96 Å². The molecule has 1 aromatic carbocycles. The van der Waals surface area contributed by atoms with Gasteiger partial charge in [0.2, 0.25) is 0 Å². The van der Waals surface area contributed by atoms with E-state index in [-0.39, 0.29) is 0 Å². The first-order chi connectivity index (χ1) is 15.1. The van der Waals surface area contributed by atoms with E-state index in [1.807, 2.05) is 0 Å². The highest BCUT2D eigenvalue weighted by Gasteiger charge is 2.26. The summed E-state index contributed by atoms with van der Waals surface area (Å²) < 4.78 is 0. The lowest BCUT2D eigenvalue weighted by Gasteiger charge is -2.39. The Balaban J connectivity index is 1.54. The van der Waals surface area contributed by atoms with Gasteiger partial charge >= 0.3 is 0 Å². The van der Waals surface area contributed by atoms with E-state index < -0.39 is 0 Å². The van der Waals surface area contributed by atoms with E-state index in [0.29, 0.717) is 18.0 Å². The first kappa shape index (κ1) is 24.0. The van der Waals surface area contributed by atoms with Crippen molar-refractivity contribution in [3.8, 4) is 0 Å². The van der Waals surface area contributed by atoms with Crippen LogP contribution in [-0.2, 0) is 6.54 Å². The molecule has 6 heteroatoms. The molecule has 0 amide bonds. The van der Waals surface area contributed by atoms with Crippen LogP contribution in [0.15, 0.2) is 35.3 Å². The van der Waals surface area contributed by atoms with Crippen LogP contribution >= 0.6 is 0 Å². The van der Waals surface area contributed by atoms with E-state index in [1.165, 1.54) is 24.9 Å². The molecule has 2 heterocycles. The fourth-order valence-corrected chi connectivity index (χ4v) is 4.79. The Kier molecular flexibility index (Phi) is 9.62. The minimum Gasteiger partial charge on any atom is -0.357 e. The summed E-state index contributed by atoms with van der Waals surface area (Å²) >= 11 is 0. The largest absolute Gasteiger partial charge is 0.357 e. The molecule has 2 unspecified atom stereocenters. The van der Waals surface area contributed by atoms with Gasteiger partial charge in [0.25, 0.3) is 0 Å². The van der Waals surface area contributed by atoms with Gasteiger partial charge in [0, 0.05) is 57.9 Å². The SMILES string of the molecule is CCNC(=NCC(C(C)C)N1CCN(C)CC1)NCC1CCCN1Cc1ccccc1. The molecule has 6 nitrogen and oxygen atoms in total. The average molecular weight is 429 g/mol. The minimum atomic E-state index is 0.505. The lowest BCUT2D eigenvalue weighted by atomic mass is 10.0. The zero-order valence-corrected chi connectivity index (χ0v) is 20.2. The summed E-state index contributed by atoms with van der Waals surface area (Å²) in [4.78, 5) is 12.7. The third kappa shape index (κ3) is 7.48. The van der Waals surface area contributed by atoms with Crippen LogP contribution < -0.4 is 10.6 Å². The molecule has 2 aliphatic heterocycles. The standard InChI is InChI=1S/C25H44N6/c1-5-26-25(28-19-24(21(2)3)30-16-14-29(4)15-17-30)27-18-23-12-9-13-31(23)20-22-10-7-6-8-11-22/h6-8,10-11,21,23-24H,5,9,12-20H2,1-4H3,(H2,26,27,28). The second kappa shape index (κ2) is 12.4. The third-order valence-corrected chi connectivity index (χ3v) is 6.79. The summed E-state index contributed by atoms with van der Waals surface area (Å²) in [5.41, 5.74) is 1.40. The van der Waals surface area contributed by atoms with Crippen molar-refractivity contribution in [1.29, 1.82) is 0 Å². The maximum Gasteiger partial charge on any atom is 0.191 e. The maximum absolute atomic E-state index is 5.02. The molecule has 2 aliphatic rings. The molecule has 0 aliphatic carbocycles. The Morgan fingerprint density at radius 1 is 1.06 bits per heavy atom. The second-order valence-corrected chi connectivity index (χ2v) is 9.50. The van der Waals surface area contributed by atoms with Crippen LogP contribution in [0.2, 0.25) is 0 Å². The van der Waals surface area contributed by atoms with Crippen molar-refractivity contribution in [3.63, 3.8) is 0 Å². The topological polar surface area (TPSA) is 46.1 Å². The molecule has 31 heavy (non-hydrogen) atoms. The van der Waals surface area contributed by atoms with Crippen LogP contribution in [0.1, 0.15) is 39.2 Å². The predicted octanol–water partition coefficient (Wildman–Crippen LogP) is 2.48. The van der Waals surface area contributed by atoms with E-state index in [9.17, 15) is 0 Å². The molecule has 1 aromatic rings. The van der Waals surface area contributed by atoms with Gasteiger partial charge in [-0.3, -0.25) is 14.8 Å². The third-order valence-electron chi connectivity index (χ3n) is 6.79. The molecular formula is C25H44N6. The van der Waals surface area contributed by atoms with E-state index in [4.69, 9.17) is 4.99 Å². The van der Waals surface area contributed by atoms with Gasteiger partial charge in [-0.15, -0.1) is 0 Å². The quantitative estimate of drug-likeness (QED) is 0.467. The highest BCUT2D eigenvalue weighted by Crippen LogP contribution is 2.19. The van der Waals surface area contributed by atoms with E-state index >= 15 is 0 Å². The minimum absolute atomic E-state index is 0.505. The number of hydrogen-bond donors (Lipinski definition) is 2. The predicted molar refractivity (Wildman–Crippen MR) is 132 cm³/mol. The van der Waals surface area contributed by atoms with Crippen LogP contribution in [0.5, 0.6) is 0 Å². The van der Waals surface area contributed by atoms with Crippen molar-refractivity contribution < 1.29 is 0 Å². The first-order valence-corrected chi connectivity index (χ1v) is 12.3. The Bertz CT molecular complexity index is 653. The Hall–Kier alpha value is -1.63. The van der Waals surface area contributed by atoms with Gasteiger partial charge in [-0.05, 0) is 44.8 Å². The summed E-state index contributed by atoms with van der Waals surface area (Å²) in [5, 5.41) is 7.12. The molecule has 174 valence electrons. The van der Waals surface area contributed by atoms with Gasteiger partial charge in [0.05, 0.1) is 6.54 Å². The molecule has 2 atom stereocenters. The van der Waals surface area contributed by atoms with Crippen LogP contribution in [-0.4, -0.2) is 92.1 Å². The molecule has 2 N–H and O–H groups in total. The zero-order valence-electron chi connectivity index (χ0n) is 20.2. The maximum atomic E-state index is 5.02. The molecule has 0 aromatic heterocycles. The van der Waals surface area contributed by atoms with Gasteiger partial charge in [-0.25, -0.2) is 0 Å². The fourth-order valence-electron chi connectivity index (χ4n) is 4.79. The molecule has 2 saturated heterocycles. The number of piperazine rings is 1. The smallest absolute Gasteiger partial charge is 0.191 e. The number of rotatable bonds is 9. The highest BCUT2D eigenvalue weighted by molar-refractivity contribution is 5.79. The Morgan fingerprint density at radius 3 is 2.48 bits per heavy atom. The molecule has 0 radical (unpaired) electrons. The summed E-state index contributed by atoms with van der Waals surface area (Å²) in [6.07, 6.45) is 2.54. The molecule has 0 spiro atoms. The summed E-state index contributed by atoms with van der Waals surface area (Å²) in [6, 6.07) is 11.9. The normalized spacial score (nSPS) is 22.7. The van der Waals surface area contributed by atoms with E-state index in [1.54, 1.807) is 0 Å².